The summed E-state index contributed by atoms with van der Waals surface area (Å²) in [6.45, 7) is 1.14. The fraction of sp³-hybridized carbons (Fsp3) is 0.611. The number of carbonyl (C=O) groups is 1. The van der Waals surface area contributed by atoms with Crippen molar-refractivity contribution < 1.29 is 13.2 Å². The molecule has 24 heavy (non-hydrogen) atoms. The van der Waals surface area contributed by atoms with Gasteiger partial charge in [0, 0.05) is 13.1 Å². The minimum atomic E-state index is -3.49. The van der Waals surface area contributed by atoms with Gasteiger partial charge in [0.15, 0.2) is 0 Å². The molecule has 1 aliphatic carbocycles. The van der Waals surface area contributed by atoms with Crippen LogP contribution in [0, 0.1) is 5.92 Å². The monoisotopic (exact) mass is 350 g/mol. The topological polar surface area (TPSA) is 80.5 Å². The van der Waals surface area contributed by atoms with Crippen LogP contribution in [0.25, 0.3) is 0 Å². The third kappa shape index (κ3) is 3.64. The fourth-order valence-electron chi connectivity index (χ4n) is 4.32. The molecule has 1 heterocycles. The van der Waals surface area contributed by atoms with Gasteiger partial charge in [-0.1, -0.05) is 49.6 Å². The third-order valence-electron chi connectivity index (χ3n) is 5.48. The second-order valence-corrected chi connectivity index (χ2v) is 8.90. The zero-order valence-electron chi connectivity index (χ0n) is 14.0. The molecule has 1 atom stereocenters. The molecule has 2 N–H and O–H groups in total. The summed E-state index contributed by atoms with van der Waals surface area (Å²) in [6.07, 6.45) is 5.78. The summed E-state index contributed by atoms with van der Waals surface area (Å²) < 4.78 is 22.6. The van der Waals surface area contributed by atoms with E-state index in [2.05, 4.69) is 12.1 Å². The number of nitrogens with two attached hydrogens (primary N) is 1. The maximum absolute atomic E-state index is 13.4. The van der Waals surface area contributed by atoms with Crippen LogP contribution in [0.4, 0.5) is 0 Å². The predicted octanol–water partition coefficient (Wildman–Crippen LogP) is 2.03. The van der Waals surface area contributed by atoms with E-state index < -0.39 is 15.4 Å². The van der Waals surface area contributed by atoms with E-state index in [1.165, 1.54) is 6.42 Å². The van der Waals surface area contributed by atoms with E-state index in [1.54, 1.807) is 0 Å². The Labute approximate surface area is 144 Å². The van der Waals surface area contributed by atoms with Crippen molar-refractivity contribution in [3.05, 3.63) is 35.9 Å². The van der Waals surface area contributed by atoms with Crippen molar-refractivity contribution >= 4 is 15.9 Å². The van der Waals surface area contributed by atoms with Crippen molar-refractivity contribution in [1.82, 2.24) is 4.90 Å². The van der Waals surface area contributed by atoms with Gasteiger partial charge in [0.1, 0.15) is 0 Å². The van der Waals surface area contributed by atoms with E-state index in [0.717, 1.165) is 31.2 Å². The number of hydrogen-bond donors (Lipinski definition) is 1. The van der Waals surface area contributed by atoms with Gasteiger partial charge in [-0.25, -0.2) is 13.6 Å². The SMILES string of the molecule is NS(=O)(=O)C[C@@H]1CCN(C(=O)C2(c3ccccc3)CCCCC2)C1. The molecule has 1 aliphatic heterocycles. The zero-order valence-corrected chi connectivity index (χ0v) is 14.8. The highest BCUT2D eigenvalue weighted by atomic mass is 32.2. The van der Waals surface area contributed by atoms with E-state index in [4.69, 9.17) is 5.14 Å². The van der Waals surface area contributed by atoms with Crippen LogP contribution >= 0.6 is 0 Å². The van der Waals surface area contributed by atoms with Crippen LogP contribution in [-0.4, -0.2) is 38.1 Å². The Morgan fingerprint density at radius 3 is 2.46 bits per heavy atom. The maximum Gasteiger partial charge on any atom is 0.233 e. The molecule has 2 fully saturated rings. The minimum Gasteiger partial charge on any atom is -0.342 e. The van der Waals surface area contributed by atoms with Crippen LogP contribution in [-0.2, 0) is 20.2 Å². The number of sulfonamides is 1. The summed E-state index contributed by atoms with van der Waals surface area (Å²) in [4.78, 5) is 15.2. The molecule has 3 rings (SSSR count). The zero-order chi connectivity index (χ0) is 17.2. The van der Waals surface area contributed by atoms with E-state index in [9.17, 15) is 13.2 Å². The molecular formula is C18H26N2O3S. The predicted molar refractivity (Wildman–Crippen MR) is 93.9 cm³/mol. The molecule has 1 aromatic carbocycles. The molecule has 0 unspecified atom stereocenters. The molecule has 1 saturated carbocycles. The number of nitrogens with zero attached hydrogens (tertiary/aromatic N) is 1. The van der Waals surface area contributed by atoms with Gasteiger partial charge < -0.3 is 4.90 Å². The van der Waals surface area contributed by atoms with E-state index in [1.807, 2.05) is 23.1 Å². The Morgan fingerprint density at radius 2 is 1.83 bits per heavy atom. The first-order valence-electron chi connectivity index (χ1n) is 8.76. The van der Waals surface area contributed by atoms with Gasteiger partial charge in [-0.3, -0.25) is 4.79 Å². The number of rotatable bonds is 4. The minimum absolute atomic E-state index is 0.0326. The second kappa shape index (κ2) is 6.84. The highest BCUT2D eigenvalue weighted by Crippen LogP contribution is 2.41. The quantitative estimate of drug-likeness (QED) is 0.902. The van der Waals surface area contributed by atoms with Crippen molar-refractivity contribution in [2.75, 3.05) is 18.8 Å². The van der Waals surface area contributed by atoms with Gasteiger partial charge >= 0.3 is 0 Å². The molecule has 0 radical (unpaired) electrons. The molecule has 5 nitrogen and oxygen atoms in total. The van der Waals surface area contributed by atoms with Crippen molar-refractivity contribution in [2.45, 2.75) is 43.9 Å². The molecule has 1 saturated heterocycles. The van der Waals surface area contributed by atoms with Crippen LogP contribution in [0.3, 0.4) is 0 Å². The third-order valence-corrected chi connectivity index (χ3v) is 6.42. The highest BCUT2D eigenvalue weighted by Gasteiger charge is 2.45. The van der Waals surface area contributed by atoms with Crippen LogP contribution in [0.2, 0.25) is 0 Å². The van der Waals surface area contributed by atoms with Gasteiger partial charge in [0.05, 0.1) is 11.2 Å². The van der Waals surface area contributed by atoms with Crippen LogP contribution in [0.1, 0.15) is 44.1 Å². The molecule has 1 amide bonds. The molecule has 2 aliphatic rings. The fourth-order valence-corrected chi connectivity index (χ4v) is 5.25. The van der Waals surface area contributed by atoms with Gasteiger partial charge in [0.25, 0.3) is 0 Å². The summed E-state index contributed by atoms with van der Waals surface area (Å²) in [5, 5.41) is 5.17. The van der Waals surface area contributed by atoms with Gasteiger partial charge in [-0.15, -0.1) is 0 Å². The Morgan fingerprint density at radius 1 is 1.17 bits per heavy atom. The lowest BCUT2D eigenvalue weighted by atomic mass is 9.68. The number of likely N-dealkylation sites (tertiary alicyclic amines) is 1. The highest BCUT2D eigenvalue weighted by molar-refractivity contribution is 7.89. The first-order chi connectivity index (χ1) is 11.4. The first kappa shape index (κ1) is 17.4. The van der Waals surface area contributed by atoms with Crippen LogP contribution in [0.5, 0.6) is 0 Å². The Hall–Kier alpha value is -1.40. The van der Waals surface area contributed by atoms with E-state index in [0.29, 0.717) is 19.5 Å². The van der Waals surface area contributed by atoms with Gasteiger partial charge in [-0.05, 0) is 30.7 Å². The molecular weight excluding hydrogens is 324 g/mol. The molecule has 0 aromatic heterocycles. The molecule has 132 valence electrons. The summed E-state index contributed by atoms with van der Waals surface area (Å²) >= 11 is 0. The molecule has 1 aromatic rings. The van der Waals surface area contributed by atoms with Crippen LogP contribution in [0.15, 0.2) is 30.3 Å². The number of primary sulfonamides is 1. The lowest BCUT2D eigenvalue weighted by Crippen LogP contribution is -2.47. The Kier molecular flexibility index (Phi) is 4.97. The lowest BCUT2D eigenvalue weighted by molar-refractivity contribution is -0.137. The van der Waals surface area contributed by atoms with Gasteiger partial charge in [0.2, 0.25) is 15.9 Å². The second-order valence-electron chi connectivity index (χ2n) is 7.24. The lowest BCUT2D eigenvalue weighted by Gasteiger charge is -2.39. The van der Waals surface area contributed by atoms with E-state index >= 15 is 0 Å². The first-order valence-corrected chi connectivity index (χ1v) is 10.5. The standard InChI is InChI=1S/C18H26N2O3S/c19-24(22,23)14-15-9-12-20(13-15)17(21)18(10-5-2-6-11-18)16-7-3-1-4-8-16/h1,3-4,7-8,15H,2,5-6,9-14H2,(H2,19,22,23)/t15-/m1/s1. The number of carbonyl (C=O) groups excluding carboxylic acids is 1. The number of amides is 1. The van der Waals surface area contributed by atoms with Crippen molar-refractivity contribution in [3.63, 3.8) is 0 Å². The molecule has 0 bridgehead atoms. The smallest absolute Gasteiger partial charge is 0.233 e. The summed E-state index contributed by atoms with van der Waals surface area (Å²) in [6, 6.07) is 10.1. The summed E-state index contributed by atoms with van der Waals surface area (Å²) in [7, 11) is -3.49. The van der Waals surface area contributed by atoms with Crippen molar-refractivity contribution in [2.24, 2.45) is 11.1 Å². The Bertz CT molecular complexity index is 681. The maximum atomic E-state index is 13.4. The molecule has 6 heteroatoms. The summed E-state index contributed by atoms with van der Waals surface area (Å²) in [5.74, 6) is 0.0976. The van der Waals surface area contributed by atoms with Crippen molar-refractivity contribution in [1.29, 1.82) is 0 Å². The number of hydrogen-bond acceptors (Lipinski definition) is 3. The summed E-state index contributed by atoms with van der Waals surface area (Å²) in [5.41, 5.74) is 0.667. The molecule has 0 spiro atoms. The normalized spacial score (nSPS) is 24.0. The van der Waals surface area contributed by atoms with Crippen LogP contribution < -0.4 is 5.14 Å². The Balaban J connectivity index is 1.80. The largest absolute Gasteiger partial charge is 0.342 e. The van der Waals surface area contributed by atoms with Gasteiger partial charge in [-0.2, -0.15) is 0 Å². The average molecular weight is 350 g/mol. The average Bonchev–Trinajstić information content (AvgIpc) is 3.02. The number of benzene rings is 1. The van der Waals surface area contributed by atoms with Crippen molar-refractivity contribution in [3.8, 4) is 0 Å². The van der Waals surface area contributed by atoms with E-state index in [-0.39, 0.29) is 17.6 Å².